The summed E-state index contributed by atoms with van der Waals surface area (Å²) in [6.45, 7) is 1.45. The molecule has 1 saturated heterocycles. The minimum atomic E-state index is -3.60. The molecule has 4 nitrogen and oxygen atoms in total. The minimum Gasteiger partial charge on any atom is -0.315 e. The maximum Gasteiger partial charge on any atom is 0.242 e. The van der Waals surface area contributed by atoms with Crippen molar-refractivity contribution in [2.75, 3.05) is 13.1 Å². The van der Waals surface area contributed by atoms with E-state index in [0.717, 1.165) is 13.0 Å². The summed E-state index contributed by atoms with van der Waals surface area (Å²) in [6, 6.07) is 4.30. The third kappa shape index (κ3) is 3.11. The minimum absolute atomic E-state index is 0.0265. The number of nitrogens with one attached hydrogen (secondary N) is 2. The summed E-state index contributed by atoms with van der Waals surface area (Å²) in [4.78, 5) is 0.0265. The number of hydrogen-bond donors (Lipinski definition) is 2. The molecule has 0 saturated carbocycles. The molecule has 0 bridgehead atoms. The molecule has 1 aliphatic rings. The summed E-state index contributed by atoms with van der Waals surface area (Å²) < 4.78 is 26.8. The lowest BCUT2D eigenvalue weighted by Gasteiger charge is -2.13. The molecule has 0 aliphatic carbocycles. The zero-order valence-electron chi connectivity index (χ0n) is 8.91. The normalized spacial score (nSPS) is 20.7. The van der Waals surface area contributed by atoms with Gasteiger partial charge in [-0.3, -0.25) is 0 Å². The van der Waals surface area contributed by atoms with Crippen LogP contribution in [0.3, 0.4) is 0 Å². The second-order valence-electron chi connectivity index (χ2n) is 3.89. The van der Waals surface area contributed by atoms with Crippen molar-refractivity contribution in [1.82, 2.24) is 10.0 Å². The molecule has 2 N–H and O–H groups in total. The van der Waals surface area contributed by atoms with Crippen molar-refractivity contribution in [3.8, 4) is 0 Å². The molecule has 1 aliphatic heterocycles. The summed E-state index contributed by atoms with van der Waals surface area (Å²) in [7, 11) is -3.60. The number of halogens is 2. The molecule has 1 unspecified atom stereocenters. The van der Waals surface area contributed by atoms with Gasteiger partial charge >= 0.3 is 0 Å². The Bertz CT molecular complexity index is 513. The van der Waals surface area contributed by atoms with Crippen LogP contribution in [0.25, 0.3) is 0 Å². The highest BCUT2D eigenvalue weighted by Crippen LogP contribution is 2.25. The molecule has 94 valence electrons. The fourth-order valence-corrected chi connectivity index (χ4v) is 3.75. The van der Waals surface area contributed by atoms with Gasteiger partial charge < -0.3 is 5.32 Å². The Kier molecular flexibility index (Phi) is 3.95. The van der Waals surface area contributed by atoms with Crippen LogP contribution in [0.15, 0.2) is 23.1 Å². The van der Waals surface area contributed by atoms with E-state index in [-0.39, 0.29) is 16.0 Å². The van der Waals surface area contributed by atoms with Crippen LogP contribution in [0.5, 0.6) is 0 Å². The lowest BCUT2D eigenvalue weighted by atomic mass is 10.3. The van der Waals surface area contributed by atoms with Gasteiger partial charge in [0.25, 0.3) is 0 Å². The van der Waals surface area contributed by atoms with Crippen molar-refractivity contribution >= 4 is 33.2 Å². The summed E-state index contributed by atoms with van der Waals surface area (Å²) in [5.74, 6) is 0. The topological polar surface area (TPSA) is 58.2 Å². The summed E-state index contributed by atoms with van der Waals surface area (Å²) >= 11 is 11.6. The molecule has 1 aromatic carbocycles. The molecule has 0 aromatic heterocycles. The van der Waals surface area contributed by atoms with Crippen molar-refractivity contribution in [2.24, 2.45) is 0 Å². The standard InChI is InChI=1S/C10H12Cl2N2O2S/c11-7-1-2-9(12)10(5-7)17(15,16)14-8-3-4-13-6-8/h1-2,5,8,13-14H,3-4,6H2. The number of hydrogen-bond acceptors (Lipinski definition) is 3. The smallest absolute Gasteiger partial charge is 0.242 e. The molecule has 17 heavy (non-hydrogen) atoms. The van der Waals surface area contributed by atoms with Crippen molar-refractivity contribution in [1.29, 1.82) is 0 Å². The Labute approximate surface area is 110 Å². The Morgan fingerprint density at radius 2 is 2.12 bits per heavy atom. The highest BCUT2D eigenvalue weighted by molar-refractivity contribution is 7.89. The Morgan fingerprint density at radius 3 is 2.76 bits per heavy atom. The molecule has 1 aromatic rings. The van der Waals surface area contributed by atoms with Crippen LogP contribution >= 0.6 is 23.2 Å². The lowest BCUT2D eigenvalue weighted by Crippen LogP contribution is -2.36. The van der Waals surface area contributed by atoms with Gasteiger partial charge in [-0.1, -0.05) is 23.2 Å². The zero-order valence-corrected chi connectivity index (χ0v) is 11.2. The number of sulfonamides is 1. The molecule has 0 radical (unpaired) electrons. The Hall–Kier alpha value is -0.330. The summed E-state index contributed by atoms with van der Waals surface area (Å²) in [5.41, 5.74) is 0. The predicted molar refractivity (Wildman–Crippen MR) is 68.1 cm³/mol. The second kappa shape index (κ2) is 5.12. The fourth-order valence-electron chi connectivity index (χ4n) is 1.72. The van der Waals surface area contributed by atoms with E-state index in [1.165, 1.54) is 12.1 Å². The van der Waals surface area contributed by atoms with Crippen LogP contribution in [0, 0.1) is 0 Å². The van der Waals surface area contributed by atoms with E-state index in [1.54, 1.807) is 6.07 Å². The van der Waals surface area contributed by atoms with Gasteiger partial charge in [0, 0.05) is 17.6 Å². The molecular formula is C10H12Cl2N2O2S. The quantitative estimate of drug-likeness (QED) is 0.891. The van der Waals surface area contributed by atoms with E-state index >= 15 is 0 Å². The van der Waals surface area contributed by atoms with Gasteiger partial charge in [-0.25, -0.2) is 13.1 Å². The van der Waals surface area contributed by atoms with Crippen molar-refractivity contribution in [3.05, 3.63) is 28.2 Å². The maximum atomic E-state index is 12.1. The molecule has 0 spiro atoms. The predicted octanol–water partition coefficient (Wildman–Crippen LogP) is 1.63. The van der Waals surface area contributed by atoms with Crippen LogP contribution in [0.4, 0.5) is 0 Å². The first kappa shape index (κ1) is 13.1. The summed E-state index contributed by atoms with van der Waals surface area (Å²) in [5, 5.41) is 3.61. The molecule has 1 atom stereocenters. The average Bonchev–Trinajstić information content (AvgIpc) is 2.73. The van der Waals surface area contributed by atoms with E-state index < -0.39 is 10.0 Å². The Balaban J connectivity index is 2.27. The maximum absolute atomic E-state index is 12.1. The van der Waals surface area contributed by atoms with Gasteiger partial charge in [0.1, 0.15) is 4.90 Å². The van der Waals surface area contributed by atoms with Crippen LogP contribution in [-0.4, -0.2) is 27.5 Å². The van der Waals surface area contributed by atoms with E-state index in [9.17, 15) is 8.42 Å². The molecular weight excluding hydrogens is 283 g/mol. The third-order valence-electron chi connectivity index (χ3n) is 2.56. The molecule has 1 fully saturated rings. The van der Waals surface area contributed by atoms with E-state index in [2.05, 4.69) is 10.0 Å². The van der Waals surface area contributed by atoms with Crippen LogP contribution in [0.2, 0.25) is 10.0 Å². The second-order valence-corrected chi connectivity index (χ2v) is 6.41. The largest absolute Gasteiger partial charge is 0.315 e. The van der Waals surface area contributed by atoms with Crippen LogP contribution in [0.1, 0.15) is 6.42 Å². The van der Waals surface area contributed by atoms with Gasteiger partial charge in [-0.05, 0) is 31.2 Å². The lowest BCUT2D eigenvalue weighted by molar-refractivity contribution is 0.560. The van der Waals surface area contributed by atoms with Gasteiger partial charge in [-0.15, -0.1) is 0 Å². The first-order valence-corrected chi connectivity index (χ1v) is 7.41. The highest BCUT2D eigenvalue weighted by atomic mass is 35.5. The van der Waals surface area contributed by atoms with E-state index in [4.69, 9.17) is 23.2 Å². The zero-order chi connectivity index (χ0) is 12.5. The van der Waals surface area contributed by atoms with Gasteiger partial charge in [0.15, 0.2) is 0 Å². The fraction of sp³-hybridized carbons (Fsp3) is 0.400. The molecule has 0 amide bonds. The van der Waals surface area contributed by atoms with E-state index in [0.29, 0.717) is 11.6 Å². The van der Waals surface area contributed by atoms with Crippen molar-refractivity contribution < 1.29 is 8.42 Å². The number of rotatable bonds is 3. The Morgan fingerprint density at radius 1 is 1.35 bits per heavy atom. The monoisotopic (exact) mass is 294 g/mol. The van der Waals surface area contributed by atoms with Crippen LogP contribution < -0.4 is 10.0 Å². The van der Waals surface area contributed by atoms with Gasteiger partial charge in [0.2, 0.25) is 10.0 Å². The average molecular weight is 295 g/mol. The summed E-state index contributed by atoms with van der Waals surface area (Å²) in [6.07, 6.45) is 0.775. The molecule has 2 rings (SSSR count). The van der Waals surface area contributed by atoms with E-state index in [1.807, 2.05) is 0 Å². The molecule has 1 heterocycles. The van der Waals surface area contributed by atoms with Gasteiger partial charge in [0.05, 0.1) is 5.02 Å². The van der Waals surface area contributed by atoms with Crippen molar-refractivity contribution in [3.63, 3.8) is 0 Å². The SMILES string of the molecule is O=S(=O)(NC1CCNC1)c1cc(Cl)ccc1Cl. The first-order valence-electron chi connectivity index (χ1n) is 5.17. The van der Waals surface area contributed by atoms with Crippen LogP contribution in [-0.2, 0) is 10.0 Å². The first-order chi connectivity index (χ1) is 7.99. The molecule has 7 heteroatoms. The highest BCUT2D eigenvalue weighted by Gasteiger charge is 2.24. The van der Waals surface area contributed by atoms with Gasteiger partial charge in [-0.2, -0.15) is 0 Å². The third-order valence-corrected chi connectivity index (χ3v) is 4.80. The number of benzene rings is 1. The van der Waals surface area contributed by atoms with Crippen molar-refractivity contribution in [2.45, 2.75) is 17.4 Å².